The van der Waals surface area contributed by atoms with Crippen molar-refractivity contribution in [1.29, 1.82) is 0 Å². The van der Waals surface area contributed by atoms with E-state index in [1.807, 2.05) is 31.7 Å². The molecular weight excluding hydrogens is 528 g/mol. The highest BCUT2D eigenvalue weighted by Crippen LogP contribution is 2.31. The number of para-hydroxylation sites is 1. The molecule has 3 aromatic rings. The molecule has 0 saturated carbocycles. The van der Waals surface area contributed by atoms with Crippen LogP contribution in [0.2, 0.25) is 0 Å². The van der Waals surface area contributed by atoms with Gasteiger partial charge in [0, 0.05) is 36.3 Å². The smallest absolute Gasteiger partial charge is 0.320 e. The lowest BCUT2D eigenvalue weighted by atomic mass is 9.96. The van der Waals surface area contributed by atoms with Crippen LogP contribution in [0.15, 0.2) is 78.1 Å². The lowest BCUT2D eigenvalue weighted by molar-refractivity contribution is 0.134. The summed E-state index contributed by atoms with van der Waals surface area (Å²) in [5, 5.41) is 3.32. The summed E-state index contributed by atoms with van der Waals surface area (Å²) in [4.78, 5) is 7.63. The molecule has 1 unspecified atom stereocenters. The Morgan fingerprint density at radius 3 is 2.37 bits per heavy atom. The molecule has 1 heterocycles. The number of likely N-dealkylation sites (tertiary alicyclic amines) is 1. The van der Waals surface area contributed by atoms with E-state index in [4.69, 9.17) is 4.99 Å². The average Bonchev–Trinajstić information content (AvgIpc) is 2.95. The number of piperidine rings is 1. The largest absolute Gasteiger partial charge is 0.380 e. The normalized spacial score (nSPS) is 15.2. The van der Waals surface area contributed by atoms with E-state index in [1.165, 1.54) is 18.2 Å². The first-order chi connectivity index (χ1) is 19.6. The fourth-order valence-electron chi connectivity index (χ4n) is 5.14. The minimum Gasteiger partial charge on any atom is -0.380 e. The minimum atomic E-state index is -2.73. The van der Waals surface area contributed by atoms with Crippen LogP contribution in [0, 0.1) is 25.5 Å². The van der Waals surface area contributed by atoms with Crippen LogP contribution in [0.1, 0.15) is 55.4 Å². The molecule has 218 valence electrons. The maximum Gasteiger partial charge on any atom is 0.320 e. The number of benzene rings is 3. The molecule has 1 atom stereocenters. The second kappa shape index (κ2) is 13.2. The van der Waals surface area contributed by atoms with E-state index in [2.05, 4.69) is 11.9 Å². The summed E-state index contributed by atoms with van der Waals surface area (Å²) in [6, 6.07) is 16.4. The van der Waals surface area contributed by atoms with E-state index < -0.39 is 12.4 Å². The van der Waals surface area contributed by atoms with Crippen LogP contribution >= 0.6 is 0 Å². The van der Waals surface area contributed by atoms with Crippen LogP contribution in [0.4, 0.5) is 28.9 Å². The van der Waals surface area contributed by atoms with Crippen molar-refractivity contribution in [3.05, 3.63) is 107 Å². The topological polar surface area (TPSA) is 30.9 Å². The highest BCUT2D eigenvalue weighted by Gasteiger charge is 2.28. The Kier molecular flexibility index (Phi) is 9.73. The highest BCUT2D eigenvalue weighted by molar-refractivity contribution is 6.14. The predicted molar refractivity (Wildman–Crippen MR) is 160 cm³/mol. The van der Waals surface area contributed by atoms with Gasteiger partial charge in [-0.05, 0) is 81.5 Å². The van der Waals surface area contributed by atoms with Gasteiger partial charge in [-0.1, -0.05) is 43.8 Å². The summed E-state index contributed by atoms with van der Waals surface area (Å²) < 4.78 is 57.7. The minimum absolute atomic E-state index is 0.0136. The maximum atomic E-state index is 15.5. The van der Waals surface area contributed by atoms with Gasteiger partial charge in [0.2, 0.25) is 0 Å². The summed E-state index contributed by atoms with van der Waals surface area (Å²) in [5.74, 6) is -0.543. The molecule has 0 spiro atoms. The van der Waals surface area contributed by atoms with Crippen molar-refractivity contribution < 1.29 is 17.6 Å². The molecule has 1 fully saturated rings. The molecule has 1 N–H and O–H groups in total. The third-order valence-electron chi connectivity index (χ3n) is 7.68. The summed E-state index contributed by atoms with van der Waals surface area (Å²) in [6.45, 7) is 9.97. The maximum absolute atomic E-state index is 15.5. The van der Waals surface area contributed by atoms with Gasteiger partial charge in [0.05, 0.1) is 17.1 Å². The zero-order chi connectivity index (χ0) is 29.7. The van der Waals surface area contributed by atoms with E-state index in [0.717, 1.165) is 22.4 Å². The number of hydrogen-bond donors (Lipinski definition) is 1. The summed E-state index contributed by atoms with van der Waals surface area (Å²) in [5.41, 5.74) is 4.15. The summed E-state index contributed by atoms with van der Waals surface area (Å²) in [7, 11) is 0. The van der Waals surface area contributed by atoms with Gasteiger partial charge in [0.1, 0.15) is 17.5 Å². The number of aliphatic imine (C=N–C) groups is 1. The first-order valence-electron chi connectivity index (χ1n) is 14.1. The van der Waals surface area contributed by atoms with Gasteiger partial charge >= 0.3 is 6.55 Å². The van der Waals surface area contributed by atoms with Gasteiger partial charge in [-0.3, -0.25) is 9.89 Å². The second-order valence-electron chi connectivity index (χ2n) is 10.6. The Labute approximate surface area is 240 Å². The van der Waals surface area contributed by atoms with Crippen LogP contribution in [0.3, 0.4) is 0 Å². The number of aryl methyl sites for hydroxylation is 2. The first-order valence-corrected chi connectivity index (χ1v) is 14.1. The predicted octanol–water partition coefficient (Wildman–Crippen LogP) is 8.29. The SMILES string of the molecule is C=C(N1CCC(Nc2cc(C)c(C(=NC(C)CC)c3cccc(F)c3)cc2F)CC1)N(c1ccccc1C)C(F)F. The van der Waals surface area contributed by atoms with Crippen molar-refractivity contribution in [3.8, 4) is 0 Å². The van der Waals surface area contributed by atoms with Crippen LogP contribution in [0.25, 0.3) is 0 Å². The van der Waals surface area contributed by atoms with Crippen molar-refractivity contribution >= 4 is 17.1 Å². The van der Waals surface area contributed by atoms with Gasteiger partial charge in [-0.2, -0.15) is 8.78 Å². The number of halogens is 4. The third kappa shape index (κ3) is 7.10. The zero-order valence-electron chi connectivity index (χ0n) is 24.1. The number of rotatable bonds is 10. The fraction of sp³-hybridized carbons (Fsp3) is 0.364. The van der Waals surface area contributed by atoms with Crippen LogP contribution in [-0.4, -0.2) is 42.3 Å². The van der Waals surface area contributed by atoms with Crippen molar-refractivity contribution in [2.45, 2.75) is 65.6 Å². The van der Waals surface area contributed by atoms with Gasteiger partial charge in [-0.15, -0.1) is 0 Å². The number of anilines is 2. The van der Waals surface area contributed by atoms with Gasteiger partial charge in [-0.25, -0.2) is 8.78 Å². The van der Waals surface area contributed by atoms with E-state index in [0.29, 0.717) is 54.1 Å². The van der Waals surface area contributed by atoms with Crippen LogP contribution < -0.4 is 10.2 Å². The number of nitrogens with one attached hydrogen (secondary N) is 1. The lowest BCUT2D eigenvalue weighted by Gasteiger charge is -2.40. The molecule has 0 aliphatic carbocycles. The Bertz CT molecular complexity index is 1400. The Morgan fingerprint density at radius 1 is 1.02 bits per heavy atom. The van der Waals surface area contributed by atoms with Gasteiger partial charge in [0.15, 0.2) is 0 Å². The molecule has 4 rings (SSSR count). The molecule has 0 radical (unpaired) electrons. The third-order valence-corrected chi connectivity index (χ3v) is 7.68. The highest BCUT2D eigenvalue weighted by atomic mass is 19.3. The van der Waals surface area contributed by atoms with Crippen LogP contribution in [0.5, 0.6) is 0 Å². The molecule has 1 saturated heterocycles. The van der Waals surface area contributed by atoms with E-state index in [9.17, 15) is 13.2 Å². The van der Waals surface area contributed by atoms with E-state index in [-0.39, 0.29) is 23.7 Å². The van der Waals surface area contributed by atoms with E-state index >= 15 is 4.39 Å². The quantitative estimate of drug-likeness (QED) is 0.152. The van der Waals surface area contributed by atoms with Crippen molar-refractivity contribution in [3.63, 3.8) is 0 Å². The average molecular weight is 567 g/mol. The molecule has 41 heavy (non-hydrogen) atoms. The van der Waals surface area contributed by atoms with Crippen molar-refractivity contribution in [1.82, 2.24) is 4.90 Å². The molecule has 1 aliphatic rings. The number of alkyl halides is 2. The Hall–Kier alpha value is -3.81. The molecule has 8 heteroatoms. The summed E-state index contributed by atoms with van der Waals surface area (Å²) >= 11 is 0. The van der Waals surface area contributed by atoms with Crippen LogP contribution in [-0.2, 0) is 0 Å². The Morgan fingerprint density at radius 2 is 1.73 bits per heavy atom. The number of hydrogen-bond acceptors (Lipinski definition) is 4. The van der Waals surface area contributed by atoms with Crippen molar-refractivity contribution in [2.24, 2.45) is 4.99 Å². The summed E-state index contributed by atoms with van der Waals surface area (Å²) in [6.07, 6.45) is 2.06. The molecule has 0 aromatic heterocycles. The molecule has 0 bridgehead atoms. The molecule has 3 aromatic carbocycles. The zero-order valence-corrected chi connectivity index (χ0v) is 24.1. The van der Waals surface area contributed by atoms with Gasteiger partial charge in [0.25, 0.3) is 0 Å². The Balaban J connectivity index is 1.48. The van der Waals surface area contributed by atoms with Gasteiger partial charge < -0.3 is 10.2 Å². The number of nitrogens with zero attached hydrogens (tertiary/aromatic N) is 3. The first kappa shape index (κ1) is 30.2. The lowest BCUT2D eigenvalue weighted by Crippen LogP contribution is -2.44. The standard InChI is InChI=1S/C33H38F4N4/c1-6-23(4)38-32(25-11-9-12-26(34)19-25)28-20-29(35)30(18-22(28)3)39-27-14-16-40(17-15-27)24(5)41(33(36)37)31-13-8-7-10-21(31)2/h7-13,18-20,23,27,33,39H,5-6,14-17H2,1-4H3. The van der Waals surface area contributed by atoms with Crippen molar-refractivity contribution in [2.75, 3.05) is 23.3 Å². The second-order valence-corrected chi connectivity index (χ2v) is 10.6. The molecule has 1 aliphatic heterocycles. The molecule has 0 amide bonds. The molecule has 4 nitrogen and oxygen atoms in total. The fourth-order valence-corrected chi connectivity index (χ4v) is 5.14. The van der Waals surface area contributed by atoms with E-state index in [1.54, 1.807) is 43.3 Å². The molecular formula is C33H38F4N4. The monoisotopic (exact) mass is 566 g/mol.